The Morgan fingerprint density at radius 1 is 1.24 bits per heavy atom. The van der Waals surface area contributed by atoms with E-state index in [9.17, 15) is 4.79 Å². The van der Waals surface area contributed by atoms with Gasteiger partial charge >= 0.3 is 0 Å². The minimum absolute atomic E-state index is 0.140. The van der Waals surface area contributed by atoms with Crippen LogP contribution >= 0.6 is 23.4 Å². The Kier molecular flexibility index (Phi) is 5.40. The average molecular weight is 373 g/mol. The Morgan fingerprint density at radius 2 is 2.04 bits per heavy atom. The van der Waals surface area contributed by atoms with Crippen molar-refractivity contribution in [2.24, 2.45) is 0 Å². The molecule has 1 amide bonds. The van der Waals surface area contributed by atoms with E-state index in [2.05, 4.69) is 15.3 Å². The summed E-state index contributed by atoms with van der Waals surface area (Å²) in [6, 6.07) is 11.4. The second-order valence-corrected chi connectivity index (χ2v) is 7.22. The maximum absolute atomic E-state index is 12.4. The largest absolute Gasteiger partial charge is 0.310 e. The summed E-state index contributed by atoms with van der Waals surface area (Å²) in [6.07, 6.45) is 5.13. The SMILES string of the molecule is Cc1ccccc1-n1ccnc1SC(C)C(=O)Nc1ccc(Cl)cn1. The predicted molar refractivity (Wildman–Crippen MR) is 101 cm³/mol. The Morgan fingerprint density at radius 3 is 2.76 bits per heavy atom. The molecule has 0 bridgehead atoms. The van der Waals surface area contributed by atoms with E-state index in [-0.39, 0.29) is 11.2 Å². The number of aryl methyl sites for hydroxylation is 1. The minimum Gasteiger partial charge on any atom is -0.310 e. The molecular formula is C18H17ClN4OS. The molecule has 7 heteroatoms. The number of aromatic nitrogens is 3. The van der Waals surface area contributed by atoms with Gasteiger partial charge in [0, 0.05) is 18.6 Å². The fourth-order valence-electron chi connectivity index (χ4n) is 2.28. The van der Waals surface area contributed by atoms with Crippen LogP contribution < -0.4 is 5.32 Å². The molecule has 2 aromatic heterocycles. The molecule has 0 radical (unpaired) electrons. The lowest BCUT2D eigenvalue weighted by Crippen LogP contribution is -2.23. The van der Waals surface area contributed by atoms with E-state index in [1.54, 1.807) is 18.3 Å². The maximum Gasteiger partial charge on any atom is 0.238 e. The van der Waals surface area contributed by atoms with E-state index in [4.69, 9.17) is 11.6 Å². The summed E-state index contributed by atoms with van der Waals surface area (Å²) in [4.78, 5) is 20.9. The van der Waals surface area contributed by atoms with Gasteiger partial charge in [0.2, 0.25) is 5.91 Å². The number of amides is 1. The summed E-state index contributed by atoms with van der Waals surface area (Å²) in [5.74, 6) is 0.336. The molecule has 3 rings (SSSR count). The molecule has 1 atom stereocenters. The zero-order valence-electron chi connectivity index (χ0n) is 13.8. The van der Waals surface area contributed by atoms with Crippen LogP contribution in [0.2, 0.25) is 5.02 Å². The van der Waals surface area contributed by atoms with E-state index in [1.807, 2.05) is 48.9 Å². The minimum atomic E-state index is -0.331. The van der Waals surface area contributed by atoms with Gasteiger partial charge in [-0.25, -0.2) is 9.97 Å². The van der Waals surface area contributed by atoms with Crippen molar-refractivity contribution >= 4 is 35.1 Å². The van der Waals surface area contributed by atoms with Crippen LogP contribution in [0.4, 0.5) is 5.82 Å². The van der Waals surface area contributed by atoms with Gasteiger partial charge in [0.25, 0.3) is 0 Å². The summed E-state index contributed by atoms with van der Waals surface area (Å²) < 4.78 is 1.99. The Balaban J connectivity index is 1.72. The number of anilines is 1. The van der Waals surface area contributed by atoms with Crippen LogP contribution in [0.5, 0.6) is 0 Å². The third-order valence-electron chi connectivity index (χ3n) is 3.61. The van der Waals surface area contributed by atoms with Gasteiger partial charge in [-0.3, -0.25) is 9.36 Å². The first-order valence-corrected chi connectivity index (χ1v) is 8.99. The van der Waals surface area contributed by atoms with Crippen molar-refractivity contribution in [2.75, 3.05) is 5.32 Å². The number of hydrogen-bond donors (Lipinski definition) is 1. The molecule has 0 saturated carbocycles. The molecule has 0 fully saturated rings. The summed E-state index contributed by atoms with van der Waals surface area (Å²) in [5, 5.41) is 3.75. The molecule has 2 heterocycles. The monoisotopic (exact) mass is 372 g/mol. The highest BCUT2D eigenvalue weighted by Gasteiger charge is 2.18. The molecule has 1 N–H and O–H groups in total. The lowest BCUT2D eigenvalue weighted by atomic mass is 10.2. The zero-order chi connectivity index (χ0) is 17.8. The smallest absolute Gasteiger partial charge is 0.238 e. The third-order valence-corrected chi connectivity index (χ3v) is 4.92. The van der Waals surface area contributed by atoms with Crippen molar-refractivity contribution < 1.29 is 4.79 Å². The quantitative estimate of drug-likeness (QED) is 0.676. The van der Waals surface area contributed by atoms with Crippen LogP contribution in [0.3, 0.4) is 0 Å². The molecule has 5 nitrogen and oxygen atoms in total. The normalized spacial score (nSPS) is 12.0. The molecule has 1 unspecified atom stereocenters. The van der Waals surface area contributed by atoms with Gasteiger partial charge in [-0.2, -0.15) is 0 Å². The molecule has 1 aromatic carbocycles. The van der Waals surface area contributed by atoms with Crippen molar-refractivity contribution in [3.63, 3.8) is 0 Å². The molecule has 0 aliphatic rings. The van der Waals surface area contributed by atoms with Crippen LogP contribution in [-0.2, 0) is 4.79 Å². The number of rotatable bonds is 5. The molecule has 0 saturated heterocycles. The number of nitrogens with zero attached hydrogens (tertiary/aromatic N) is 3. The average Bonchev–Trinajstić information content (AvgIpc) is 3.05. The van der Waals surface area contributed by atoms with Crippen LogP contribution in [0, 0.1) is 6.92 Å². The molecule has 128 valence electrons. The standard InChI is InChI=1S/C18H17ClN4OS/c1-12-5-3-4-6-15(12)23-10-9-20-18(23)25-13(2)17(24)22-16-8-7-14(19)11-21-16/h3-11,13H,1-2H3,(H,21,22,24). The highest BCUT2D eigenvalue weighted by Crippen LogP contribution is 2.26. The van der Waals surface area contributed by atoms with E-state index in [0.717, 1.165) is 16.4 Å². The van der Waals surface area contributed by atoms with Crippen molar-refractivity contribution in [3.05, 3.63) is 65.6 Å². The van der Waals surface area contributed by atoms with E-state index >= 15 is 0 Å². The first-order valence-electron chi connectivity index (χ1n) is 7.73. The van der Waals surface area contributed by atoms with Crippen molar-refractivity contribution in [3.8, 4) is 5.69 Å². The van der Waals surface area contributed by atoms with Crippen LogP contribution in [-0.4, -0.2) is 25.7 Å². The van der Waals surface area contributed by atoms with Crippen molar-refractivity contribution in [1.29, 1.82) is 0 Å². The molecule has 3 aromatic rings. The van der Waals surface area contributed by atoms with Gasteiger partial charge in [0.1, 0.15) is 5.82 Å². The Hall–Kier alpha value is -2.31. The number of carbonyl (C=O) groups is 1. The van der Waals surface area contributed by atoms with Crippen LogP contribution in [0.1, 0.15) is 12.5 Å². The van der Waals surface area contributed by atoms with E-state index in [1.165, 1.54) is 18.0 Å². The highest BCUT2D eigenvalue weighted by atomic mass is 35.5. The van der Waals surface area contributed by atoms with Crippen molar-refractivity contribution in [2.45, 2.75) is 24.3 Å². The lowest BCUT2D eigenvalue weighted by molar-refractivity contribution is -0.115. The number of carbonyl (C=O) groups excluding carboxylic acids is 1. The number of para-hydroxylation sites is 1. The van der Waals surface area contributed by atoms with Gasteiger partial charge in [-0.05, 0) is 37.6 Å². The number of thioether (sulfide) groups is 1. The number of imidazole rings is 1. The van der Waals surface area contributed by atoms with Gasteiger partial charge in [-0.1, -0.05) is 41.6 Å². The predicted octanol–water partition coefficient (Wildman–Crippen LogP) is 4.35. The second kappa shape index (κ2) is 7.72. The third kappa shape index (κ3) is 4.21. The van der Waals surface area contributed by atoms with Gasteiger partial charge < -0.3 is 5.32 Å². The number of pyridine rings is 1. The zero-order valence-corrected chi connectivity index (χ0v) is 15.4. The number of benzene rings is 1. The van der Waals surface area contributed by atoms with Gasteiger partial charge in [0.05, 0.1) is 16.0 Å². The first kappa shape index (κ1) is 17.5. The topological polar surface area (TPSA) is 59.8 Å². The van der Waals surface area contributed by atoms with Gasteiger partial charge in [-0.15, -0.1) is 0 Å². The Labute approximate surface area is 155 Å². The lowest BCUT2D eigenvalue weighted by Gasteiger charge is -2.14. The van der Waals surface area contributed by atoms with E-state index < -0.39 is 0 Å². The first-order chi connectivity index (χ1) is 12.0. The molecular weight excluding hydrogens is 356 g/mol. The molecule has 0 aliphatic heterocycles. The number of hydrogen-bond acceptors (Lipinski definition) is 4. The van der Waals surface area contributed by atoms with Crippen LogP contribution in [0.15, 0.2) is 60.1 Å². The summed E-state index contributed by atoms with van der Waals surface area (Å²) in [6.45, 7) is 3.89. The Bertz CT molecular complexity index is 879. The summed E-state index contributed by atoms with van der Waals surface area (Å²) in [7, 11) is 0. The summed E-state index contributed by atoms with van der Waals surface area (Å²) in [5.41, 5.74) is 2.19. The van der Waals surface area contributed by atoms with E-state index in [0.29, 0.717) is 10.8 Å². The summed E-state index contributed by atoms with van der Waals surface area (Å²) >= 11 is 7.20. The number of nitrogens with one attached hydrogen (secondary N) is 1. The molecule has 0 aliphatic carbocycles. The number of halogens is 1. The fraction of sp³-hybridized carbons (Fsp3) is 0.167. The molecule has 0 spiro atoms. The highest BCUT2D eigenvalue weighted by molar-refractivity contribution is 8.00. The molecule has 25 heavy (non-hydrogen) atoms. The van der Waals surface area contributed by atoms with Crippen LogP contribution in [0.25, 0.3) is 5.69 Å². The van der Waals surface area contributed by atoms with Crippen molar-refractivity contribution in [1.82, 2.24) is 14.5 Å². The maximum atomic E-state index is 12.4. The fourth-order valence-corrected chi connectivity index (χ4v) is 3.27. The van der Waals surface area contributed by atoms with Gasteiger partial charge in [0.15, 0.2) is 5.16 Å². The second-order valence-electron chi connectivity index (χ2n) is 5.48.